The summed E-state index contributed by atoms with van der Waals surface area (Å²) in [5, 5.41) is 44.4. The van der Waals surface area contributed by atoms with Crippen molar-refractivity contribution in [3.63, 3.8) is 0 Å². The van der Waals surface area contributed by atoms with Gasteiger partial charge in [-0.05, 0) is 50.9 Å². The molecule has 3 aliphatic carbocycles. The molecule has 0 aliphatic heterocycles. The van der Waals surface area contributed by atoms with E-state index in [0.29, 0.717) is 12.8 Å². The Morgan fingerprint density at radius 2 is 1.89 bits per heavy atom. The quantitative estimate of drug-likeness (QED) is 0.201. The van der Waals surface area contributed by atoms with Crippen molar-refractivity contribution < 1.29 is 48.7 Å². The number of nitrogens with two attached hydrogens (primary N) is 1. The number of nitrogens with zero attached hydrogens (tertiary/aromatic N) is 1. The number of aromatic hydroxyl groups is 1. The highest BCUT2D eigenvalue weighted by Gasteiger charge is 2.64. The normalized spacial score (nSPS) is 26.7. The molecule has 1 aromatic carbocycles. The third-order valence-corrected chi connectivity index (χ3v) is 7.60. The highest BCUT2D eigenvalue weighted by molar-refractivity contribution is 6.24. The third kappa shape index (κ3) is 3.78. The van der Waals surface area contributed by atoms with Crippen LogP contribution in [0.4, 0.5) is 4.39 Å². The first-order valence-electron chi connectivity index (χ1n) is 12.1. The van der Waals surface area contributed by atoms with E-state index in [1.165, 1.54) is 19.0 Å². The van der Waals surface area contributed by atoms with Crippen molar-refractivity contribution in [2.45, 2.75) is 44.2 Å². The van der Waals surface area contributed by atoms with Gasteiger partial charge in [0, 0.05) is 11.5 Å². The monoisotopic (exact) mass is 532 g/mol. The zero-order valence-electron chi connectivity index (χ0n) is 21.1. The number of aliphatic hydroxyl groups is 3. The van der Waals surface area contributed by atoms with Gasteiger partial charge in [-0.1, -0.05) is 13.3 Å². The van der Waals surface area contributed by atoms with Crippen LogP contribution in [0.2, 0.25) is 0 Å². The van der Waals surface area contributed by atoms with E-state index in [9.17, 15) is 44.0 Å². The van der Waals surface area contributed by atoms with Gasteiger partial charge in [0.2, 0.25) is 5.78 Å². The number of carbonyl (C=O) groups excluding carboxylic acids is 4. The molecule has 4 atom stereocenters. The molecule has 1 saturated carbocycles. The summed E-state index contributed by atoms with van der Waals surface area (Å²) in [6.07, 6.45) is 0.982. The summed E-state index contributed by atoms with van der Waals surface area (Å²) in [5.74, 6) is -10.7. The van der Waals surface area contributed by atoms with Crippen LogP contribution in [0, 0.1) is 17.7 Å². The van der Waals surface area contributed by atoms with Gasteiger partial charge >= 0.3 is 5.97 Å². The van der Waals surface area contributed by atoms with Gasteiger partial charge in [0.05, 0.1) is 18.2 Å². The molecule has 0 spiro atoms. The number of rotatable bonds is 6. The van der Waals surface area contributed by atoms with Crippen LogP contribution in [0.3, 0.4) is 0 Å². The summed E-state index contributed by atoms with van der Waals surface area (Å²) >= 11 is 0. The molecule has 6 N–H and O–H groups in total. The Morgan fingerprint density at radius 3 is 2.47 bits per heavy atom. The van der Waals surface area contributed by atoms with E-state index in [1.807, 2.05) is 6.92 Å². The Hall–Kier alpha value is -3.77. The number of carbonyl (C=O) groups is 4. The van der Waals surface area contributed by atoms with Gasteiger partial charge in [-0.2, -0.15) is 0 Å². The molecular formula is C26H29FN2O9. The zero-order valence-corrected chi connectivity index (χ0v) is 21.1. The standard InChI is InChI=1S/C26H29FN2O9/c1-4-5-6-38-25(36)16-13(27)9-11-7-10-8-12-18(29(2)3)21(32)17(24(28)35)23(34)26(12,37)22(33)15(10)19(30)14(11)20(16)31/h9-10,12,18,30-31,34,37H,4-8H2,1-3H3,(H2,28,35)/t10-,12-,18-,26-/m0/s1. The number of hydrogen-bond acceptors (Lipinski definition) is 10. The SMILES string of the molecule is CCCCOC(=O)c1c(F)cc2c(c1O)C(O)=C1C(=O)[C@]3(O)C(O)=C(C(N)=O)C(=O)[C@@H](N(C)C)[C@@H]3C[C@@H]1C2. The third-order valence-electron chi connectivity index (χ3n) is 7.60. The van der Waals surface area contributed by atoms with Gasteiger partial charge in [-0.15, -0.1) is 0 Å². The molecule has 0 aromatic heterocycles. The number of aliphatic hydroxyl groups excluding tert-OH is 2. The molecule has 204 valence electrons. The predicted octanol–water partition coefficient (Wildman–Crippen LogP) is 1.06. The average molecular weight is 533 g/mol. The Labute approximate surface area is 217 Å². The Kier molecular flexibility index (Phi) is 6.83. The number of primary amides is 1. The number of ether oxygens (including phenoxy) is 1. The number of Topliss-reactive ketones (excluding diaryl/α,β-unsaturated/α-hetero) is 2. The number of unbranched alkanes of at least 4 members (excludes halogenated alkanes) is 1. The second-order valence-electron chi connectivity index (χ2n) is 10.1. The highest BCUT2D eigenvalue weighted by Crippen LogP contribution is 2.53. The topological polar surface area (TPSA) is 188 Å². The van der Waals surface area contributed by atoms with Crippen molar-refractivity contribution in [3.8, 4) is 5.75 Å². The van der Waals surface area contributed by atoms with Gasteiger partial charge in [0.25, 0.3) is 5.91 Å². The molecule has 1 aromatic rings. The molecule has 0 bridgehead atoms. The Bertz CT molecular complexity index is 1330. The maximum absolute atomic E-state index is 14.9. The second-order valence-corrected chi connectivity index (χ2v) is 10.1. The summed E-state index contributed by atoms with van der Waals surface area (Å²) in [6.45, 7) is 1.83. The van der Waals surface area contributed by atoms with Crippen molar-refractivity contribution in [1.29, 1.82) is 0 Å². The molecule has 1 amide bonds. The molecule has 12 heteroatoms. The molecule has 0 saturated heterocycles. The molecule has 11 nitrogen and oxygen atoms in total. The minimum atomic E-state index is -2.79. The van der Waals surface area contributed by atoms with Gasteiger partial charge in [0.15, 0.2) is 11.4 Å². The first-order valence-corrected chi connectivity index (χ1v) is 12.1. The predicted molar refractivity (Wildman–Crippen MR) is 129 cm³/mol. The van der Waals surface area contributed by atoms with Crippen LogP contribution in [0.5, 0.6) is 5.75 Å². The maximum atomic E-state index is 14.9. The van der Waals surface area contributed by atoms with Crippen LogP contribution in [0.15, 0.2) is 23.0 Å². The molecule has 0 unspecified atom stereocenters. The molecule has 1 fully saturated rings. The number of esters is 1. The van der Waals surface area contributed by atoms with E-state index < -0.39 is 86.7 Å². The lowest BCUT2D eigenvalue weighted by Crippen LogP contribution is -2.65. The number of likely N-dealkylation sites (N-methyl/N-ethyl adjacent to an activating group) is 1. The molecular weight excluding hydrogens is 503 g/mol. The van der Waals surface area contributed by atoms with Crippen molar-refractivity contribution in [3.05, 3.63) is 45.5 Å². The summed E-state index contributed by atoms with van der Waals surface area (Å²) in [6, 6.07) is -0.264. The number of amides is 1. The number of ketones is 2. The smallest absolute Gasteiger partial charge is 0.344 e. The Balaban J connectivity index is 1.89. The first kappa shape index (κ1) is 27.3. The van der Waals surface area contributed by atoms with Crippen molar-refractivity contribution in [1.82, 2.24) is 4.90 Å². The van der Waals surface area contributed by atoms with Gasteiger partial charge < -0.3 is 30.9 Å². The maximum Gasteiger partial charge on any atom is 0.344 e. The minimum absolute atomic E-state index is 0.0209. The fourth-order valence-electron chi connectivity index (χ4n) is 5.84. The molecule has 3 aliphatic rings. The summed E-state index contributed by atoms with van der Waals surface area (Å²) in [5.41, 5.74) is 0.0681. The van der Waals surface area contributed by atoms with Crippen LogP contribution in [-0.4, -0.2) is 81.1 Å². The van der Waals surface area contributed by atoms with Crippen LogP contribution in [0.1, 0.15) is 47.7 Å². The summed E-state index contributed by atoms with van der Waals surface area (Å²) in [7, 11) is 2.98. The molecule has 38 heavy (non-hydrogen) atoms. The molecule has 0 radical (unpaired) electrons. The summed E-state index contributed by atoms with van der Waals surface area (Å²) in [4.78, 5) is 52.7. The van der Waals surface area contributed by atoms with Crippen LogP contribution >= 0.6 is 0 Å². The number of benzene rings is 1. The lowest BCUT2D eigenvalue weighted by atomic mass is 9.57. The number of phenolic OH excluding ortho intramolecular Hbond substituents is 1. The van der Waals surface area contributed by atoms with Crippen molar-refractivity contribution >= 4 is 29.2 Å². The van der Waals surface area contributed by atoms with E-state index >= 15 is 0 Å². The largest absolute Gasteiger partial charge is 0.508 e. The van der Waals surface area contributed by atoms with Gasteiger partial charge in [-0.3, -0.25) is 19.3 Å². The first-order chi connectivity index (χ1) is 17.8. The Morgan fingerprint density at radius 1 is 1.24 bits per heavy atom. The van der Waals surface area contributed by atoms with E-state index in [0.717, 1.165) is 6.07 Å². The van der Waals surface area contributed by atoms with Crippen molar-refractivity contribution in [2.24, 2.45) is 17.6 Å². The zero-order chi connectivity index (χ0) is 28.3. The van der Waals surface area contributed by atoms with Crippen molar-refractivity contribution in [2.75, 3.05) is 20.7 Å². The lowest BCUT2D eigenvalue weighted by Gasteiger charge is -2.50. The lowest BCUT2D eigenvalue weighted by molar-refractivity contribution is -0.153. The van der Waals surface area contributed by atoms with E-state index in [1.54, 1.807) is 0 Å². The number of phenols is 1. The fourth-order valence-corrected chi connectivity index (χ4v) is 5.84. The fraction of sp³-hybridized carbons (Fsp3) is 0.462. The van der Waals surface area contributed by atoms with E-state index in [2.05, 4.69) is 0 Å². The van der Waals surface area contributed by atoms with Gasteiger partial charge in [0.1, 0.15) is 34.2 Å². The van der Waals surface area contributed by atoms with Gasteiger partial charge in [-0.25, -0.2) is 9.18 Å². The number of hydrogen-bond donors (Lipinski definition) is 5. The minimum Gasteiger partial charge on any atom is -0.508 e. The van der Waals surface area contributed by atoms with Crippen LogP contribution < -0.4 is 5.73 Å². The highest BCUT2D eigenvalue weighted by atomic mass is 19.1. The molecule has 0 heterocycles. The average Bonchev–Trinajstić information content (AvgIpc) is 2.80. The van der Waals surface area contributed by atoms with E-state index in [-0.39, 0.29) is 30.6 Å². The van der Waals surface area contributed by atoms with E-state index in [4.69, 9.17) is 10.5 Å². The summed E-state index contributed by atoms with van der Waals surface area (Å²) < 4.78 is 19.9. The van der Waals surface area contributed by atoms with Crippen LogP contribution in [-0.2, 0) is 25.5 Å². The van der Waals surface area contributed by atoms with Crippen LogP contribution in [0.25, 0.3) is 5.76 Å². The number of fused-ring (bicyclic) bond motifs is 3. The second kappa shape index (κ2) is 9.52. The molecule has 4 rings (SSSR count). The number of halogens is 1.